The molecule has 0 radical (unpaired) electrons. The number of carbonyl (C=O) groups excluding carboxylic acids is 1. The van der Waals surface area contributed by atoms with Crippen molar-refractivity contribution >= 4 is 17.8 Å². The molecule has 0 saturated carbocycles. The molecule has 2 aliphatic rings. The zero-order chi connectivity index (χ0) is 16.8. The van der Waals surface area contributed by atoms with E-state index < -0.39 is 5.91 Å². The highest BCUT2D eigenvalue weighted by Crippen LogP contribution is 2.19. The molecule has 0 spiro atoms. The van der Waals surface area contributed by atoms with Gasteiger partial charge in [0.2, 0.25) is 11.9 Å². The summed E-state index contributed by atoms with van der Waals surface area (Å²) in [4.78, 5) is 28.4. The minimum absolute atomic E-state index is 0.0941. The number of aromatic nitrogens is 3. The SMILES string of the molecule is NNC(=O)COc1nc(N2CCOCC2)nc(N2CCOCC2)n1. The van der Waals surface area contributed by atoms with Crippen molar-refractivity contribution in [1.29, 1.82) is 0 Å². The third-order valence-corrected chi connectivity index (χ3v) is 3.67. The third-order valence-electron chi connectivity index (χ3n) is 3.67. The van der Waals surface area contributed by atoms with Gasteiger partial charge in [-0.2, -0.15) is 15.0 Å². The Morgan fingerprint density at radius 2 is 1.50 bits per heavy atom. The summed E-state index contributed by atoms with van der Waals surface area (Å²) >= 11 is 0. The summed E-state index contributed by atoms with van der Waals surface area (Å²) in [5, 5.41) is 0. The maximum atomic E-state index is 11.3. The highest BCUT2D eigenvalue weighted by atomic mass is 16.5. The van der Waals surface area contributed by atoms with Crippen LogP contribution in [0.25, 0.3) is 0 Å². The molecule has 0 unspecified atom stereocenters. The van der Waals surface area contributed by atoms with Crippen LogP contribution in [0.15, 0.2) is 0 Å². The van der Waals surface area contributed by atoms with Crippen LogP contribution in [-0.4, -0.2) is 80.1 Å². The summed E-state index contributed by atoms with van der Waals surface area (Å²) in [6.07, 6.45) is 0. The number of nitrogens with one attached hydrogen (secondary N) is 1. The normalized spacial score (nSPS) is 18.4. The molecule has 2 saturated heterocycles. The summed E-state index contributed by atoms with van der Waals surface area (Å²) < 4.78 is 16.1. The largest absolute Gasteiger partial charge is 0.453 e. The van der Waals surface area contributed by atoms with Crippen LogP contribution in [-0.2, 0) is 14.3 Å². The Bertz CT molecular complexity index is 525. The van der Waals surface area contributed by atoms with Crippen molar-refractivity contribution in [3.63, 3.8) is 0 Å². The molecule has 3 heterocycles. The first kappa shape index (κ1) is 16.6. The van der Waals surface area contributed by atoms with Gasteiger partial charge in [-0.25, -0.2) is 5.84 Å². The number of nitrogens with two attached hydrogens (primary N) is 1. The van der Waals surface area contributed by atoms with Gasteiger partial charge in [0.1, 0.15) is 0 Å². The van der Waals surface area contributed by atoms with E-state index in [1.807, 2.05) is 15.2 Å². The van der Waals surface area contributed by atoms with Crippen LogP contribution in [0.1, 0.15) is 0 Å². The number of hydrogen-bond donors (Lipinski definition) is 2. The molecule has 2 fully saturated rings. The maximum absolute atomic E-state index is 11.3. The molecule has 11 nitrogen and oxygen atoms in total. The van der Waals surface area contributed by atoms with Crippen molar-refractivity contribution in [2.75, 3.05) is 69.0 Å². The number of carbonyl (C=O) groups is 1. The first-order valence-electron chi connectivity index (χ1n) is 7.80. The quantitative estimate of drug-likeness (QED) is 0.350. The molecule has 0 atom stereocenters. The van der Waals surface area contributed by atoms with E-state index in [1.165, 1.54) is 0 Å². The molecule has 0 bridgehead atoms. The molecular weight excluding hydrogens is 318 g/mol. The molecule has 132 valence electrons. The van der Waals surface area contributed by atoms with Crippen molar-refractivity contribution in [1.82, 2.24) is 20.4 Å². The summed E-state index contributed by atoms with van der Waals surface area (Å²) in [6.45, 7) is 4.96. The average Bonchev–Trinajstić information content (AvgIpc) is 2.67. The Balaban J connectivity index is 1.81. The van der Waals surface area contributed by atoms with Crippen LogP contribution in [0.2, 0.25) is 0 Å². The predicted octanol–water partition coefficient (Wildman–Crippen LogP) is -2.09. The fourth-order valence-corrected chi connectivity index (χ4v) is 2.38. The summed E-state index contributed by atoms with van der Waals surface area (Å²) in [5.74, 6) is 5.62. The highest BCUT2D eigenvalue weighted by Gasteiger charge is 2.21. The number of nitrogens with zero attached hydrogens (tertiary/aromatic N) is 5. The lowest BCUT2D eigenvalue weighted by Crippen LogP contribution is -2.40. The van der Waals surface area contributed by atoms with Crippen LogP contribution >= 0.6 is 0 Å². The molecule has 3 rings (SSSR count). The topological polar surface area (TPSA) is 128 Å². The first-order valence-corrected chi connectivity index (χ1v) is 7.80. The van der Waals surface area contributed by atoms with Crippen molar-refractivity contribution in [3.8, 4) is 6.01 Å². The predicted molar refractivity (Wildman–Crippen MR) is 83.7 cm³/mol. The van der Waals surface area contributed by atoms with Gasteiger partial charge in [0.15, 0.2) is 6.61 Å². The van der Waals surface area contributed by atoms with E-state index in [-0.39, 0.29) is 12.6 Å². The van der Waals surface area contributed by atoms with Gasteiger partial charge in [-0.05, 0) is 0 Å². The molecule has 1 aromatic rings. The smallest absolute Gasteiger partial charge is 0.323 e. The van der Waals surface area contributed by atoms with Crippen LogP contribution in [0.5, 0.6) is 6.01 Å². The minimum atomic E-state index is -0.462. The van der Waals surface area contributed by atoms with Gasteiger partial charge >= 0.3 is 6.01 Å². The van der Waals surface area contributed by atoms with Gasteiger partial charge in [-0.1, -0.05) is 0 Å². The number of amides is 1. The Kier molecular flexibility index (Phi) is 5.56. The zero-order valence-corrected chi connectivity index (χ0v) is 13.3. The fraction of sp³-hybridized carbons (Fsp3) is 0.692. The third kappa shape index (κ3) is 4.19. The monoisotopic (exact) mass is 339 g/mol. The number of morpholine rings is 2. The fourth-order valence-electron chi connectivity index (χ4n) is 2.38. The zero-order valence-electron chi connectivity index (χ0n) is 13.3. The summed E-state index contributed by atoms with van der Waals surface area (Å²) in [6, 6.07) is 0.0941. The second-order valence-corrected chi connectivity index (χ2v) is 5.27. The van der Waals surface area contributed by atoms with Crippen LogP contribution in [0.3, 0.4) is 0 Å². The van der Waals surface area contributed by atoms with Gasteiger partial charge in [-0.15, -0.1) is 0 Å². The standard InChI is InChI=1S/C13H21N7O4/c14-18-10(21)9-24-13-16-11(19-1-5-22-6-2-19)15-12(17-13)20-3-7-23-8-4-20/h1-9,14H2,(H,18,21). The second kappa shape index (κ2) is 8.04. The Morgan fingerprint density at radius 1 is 1.00 bits per heavy atom. The summed E-state index contributed by atoms with van der Waals surface area (Å²) in [7, 11) is 0. The van der Waals surface area contributed by atoms with E-state index in [1.54, 1.807) is 0 Å². The van der Waals surface area contributed by atoms with E-state index >= 15 is 0 Å². The average molecular weight is 339 g/mol. The van der Waals surface area contributed by atoms with Gasteiger partial charge in [0.25, 0.3) is 5.91 Å². The molecule has 0 aromatic carbocycles. The van der Waals surface area contributed by atoms with Crippen molar-refractivity contribution in [2.45, 2.75) is 0 Å². The van der Waals surface area contributed by atoms with E-state index in [4.69, 9.17) is 20.1 Å². The molecular formula is C13H21N7O4. The lowest BCUT2D eigenvalue weighted by atomic mass is 10.4. The Morgan fingerprint density at radius 3 is 1.96 bits per heavy atom. The summed E-state index contributed by atoms with van der Waals surface area (Å²) in [5.41, 5.74) is 2.00. The van der Waals surface area contributed by atoms with Crippen molar-refractivity contribution in [3.05, 3.63) is 0 Å². The van der Waals surface area contributed by atoms with Crippen molar-refractivity contribution in [2.24, 2.45) is 5.84 Å². The van der Waals surface area contributed by atoms with E-state index in [0.717, 1.165) is 0 Å². The van der Waals surface area contributed by atoms with Crippen LogP contribution in [0.4, 0.5) is 11.9 Å². The van der Waals surface area contributed by atoms with Crippen LogP contribution < -0.4 is 25.8 Å². The number of hydrogen-bond acceptors (Lipinski definition) is 10. The number of hydrazine groups is 1. The minimum Gasteiger partial charge on any atom is -0.453 e. The lowest BCUT2D eigenvalue weighted by Gasteiger charge is -2.30. The van der Waals surface area contributed by atoms with Crippen LogP contribution in [0, 0.1) is 0 Å². The van der Waals surface area contributed by atoms with E-state index in [0.29, 0.717) is 64.5 Å². The number of rotatable bonds is 5. The lowest BCUT2D eigenvalue weighted by molar-refractivity contribution is -0.123. The molecule has 3 N–H and O–H groups in total. The highest BCUT2D eigenvalue weighted by molar-refractivity contribution is 5.76. The Labute approximate surface area is 139 Å². The number of ether oxygens (including phenoxy) is 3. The maximum Gasteiger partial charge on any atom is 0.323 e. The number of anilines is 2. The second-order valence-electron chi connectivity index (χ2n) is 5.27. The van der Waals surface area contributed by atoms with E-state index in [9.17, 15) is 4.79 Å². The molecule has 24 heavy (non-hydrogen) atoms. The first-order chi connectivity index (χ1) is 11.8. The molecule has 11 heteroatoms. The van der Waals surface area contributed by atoms with Crippen molar-refractivity contribution < 1.29 is 19.0 Å². The van der Waals surface area contributed by atoms with Gasteiger partial charge in [0.05, 0.1) is 26.4 Å². The Hall–Kier alpha value is -2.24. The molecule has 1 amide bonds. The molecule has 2 aliphatic heterocycles. The van der Waals surface area contributed by atoms with E-state index in [2.05, 4.69) is 15.0 Å². The van der Waals surface area contributed by atoms with Gasteiger partial charge in [0, 0.05) is 26.2 Å². The van der Waals surface area contributed by atoms with Gasteiger partial charge in [-0.3, -0.25) is 10.2 Å². The molecule has 1 aromatic heterocycles. The van der Waals surface area contributed by atoms with Gasteiger partial charge < -0.3 is 24.0 Å². The molecule has 0 aliphatic carbocycles.